The van der Waals surface area contributed by atoms with Crippen LogP contribution in [-0.4, -0.2) is 11.8 Å². The van der Waals surface area contributed by atoms with Crippen LogP contribution in [0.15, 0.2) is 84.9 Å². The third-order valence-corrected chi connectivity index (χ3v) is 4.04. The van der Waals surface area contributed by atoms with Gasteiger partial charge in [0.15, 0.2) is 0 Å². The molecular weight excluding hydrogens is 386 g/mol. The average molecular weight is 404 g/mol. The molecule has 3 aromatic carbocycles. The second-order valence-electron chi connectivity index (χ2n) is 6.29. The maximum absolute atomic E-state index is 12.9. The molecule has 0 saturated heterocycles. The topological polar surface area (TPSA) is 58.2 Å². The van der Waals surface area contributed by atoms with Crippen molar-refractivity contribution in [3.05, 3.63) is 108 Å². The standard InChI is InChI=1S/C24H18F2N2O2/c25-19-11-5-17(6-12-19)9-15-23(29)27-21-3-1-2-4-22(21)28-24(30)16-10-18-7-13-20(26)14-8-18/h1-16H,(H,27,29)(H,28,30). The van der Waals surface area contributed by atoms with E-state index >= 15 is 0 Å². The lowest BCUT2D eigenvalue weighted by Gasteiger charge is -2.10. The van der Waals surface area contributed by atoms with Crippen molar-refractivity contribution in [2.45, 2.75) is 0 Å². The summed E-state index contributed by atoms with van der Waals surface area (Å²) in [6.07, 6.45) is 5.75. The van der Waals surface area contributed by atoms with Crippen molar-refractivity contribution in [3.8, 4) is 0 Å². The minimum Gasteiger partial charge on any atom is -0.321 e. The number of hydrogen-bond donors (Lipinski definition) is 2. The van der Waals surface area contributed by atoms with Crippen LogP contribution in [0, 0.1) is 11.6 Å². The molecule has 3 rings (SSSR count). The highest BCUT2D eigenvalue weighted by Crippen LogP contribution is 2.21. The number of carbonyl (C=O) groups excluding carboxylic acids is 2. The lowest BCUT2D eigenvalue weighted by Crippen LogP contribution is -2.13. The first-order valence-electron chi connectivity index (χ1n) is 9.08. The Balaban J connectivity index is 1.63. The number of carbonyl (C=O) groups is 2. The average Bonchev–Trinajstić information content (AvgIpc) is 2.74. The molecule has 0 radical (unpaired) electrons. The Morgan fingerprint density at radius 3 is 1.33 bits per heavy atom. The van der Waals surface area contributed by atoms with Crippen molar-refractivity contribution in [2.75, 3.05) is 10.6 Å². The Kier molecular flexibility index (Phi) is 6.84. The highest BCUT2D eigenvalue weighted by Gasteiger charge is 2.06. The molecule has 3 aromatic rings. The van der Waals surface area contributed by atoms with Crippen molar-refractivity contribution >= 4 is 35.3 Å². The van der Waals surface area contributed by atoms with Crippen LogP contribution < -0.4 is 10.6 Å². The first-order valence-corrected chi connectivity index (χ1v) is 9.08. The molecule has 30 heavy (non-hydrogen) atoms. The molecule has 0 atom stereocenters. The van der Waals surface area contributed by atoms with E-state index in [2.05, 4.69) is 10.6 Å². The van der Waals surface area contributed by atoms with Gasteiger partial charge in [-0.25, -0.2) is 8.78 Å². The SMILES string of the molecule is O=C(C=Cc1ccc(F)cc1)Nc1ccccc1NC(=O)C=Cc1ccc(F)cc1. The maximum Gasteiger partial charge on any atom is 0.248 e. The van der Waals surface area contributed by atoms with E-state index in [0.29, 0.717) is 22.5 Å². The zero-order valence-electron chi connectivity index (χ0n) is 15.8. The smallest absolute Gasteiger partial charge is 0.248 e. The molecular formula is C24H18F2N2O2. The van der Waals surface area contributed by atoms with Crippen LogP contribution in [0.4, 0.5) is 20.2 Å². The van der Waals surface area contributed by atoms with Gasteiger partial charge >= 0.3 is 0 Å². The van der Waals surface area contributed by atoms with Crippen LogP contribution in [0.2, 0.25) is 0 Å². The third kappa shape index (κ3) is 6.24. The number of para-hydroxylation sites is 2. The van der Waals surface area contributed by atoms with Crippen molar-refractivity contribution in [1.82, 2.24) is 0 Å². The molecule has 0 fully saturated rings. The molecule has 0 aromatic heterocycles. The molecule has 0 bridgehead atoms. The first-order chi connectivity index (χ1) is 14.5. The maximum atomic E-state index is 12.9. The zero-order chi connectivity index (χ0) is 21.3. The van der Waals surface area contributed by atoms with E-state index in [1.54, 1.807) is 60.7 Å². The predicted molar refractivity (Wildman–Crippen MR) is 115 cm³/mol. The molecule has 2 N–H and O–H groups in total. The Morgan fingerprint density at radius 2 is 0.967 bits per heavy atom. The van der Waals surface area contributed by atoms with Gasteiger partial charge in [0.1, 0.15) is 11.6 Å². The fraction of sp³-hybridized carbons (Fsp3) is 0. The van der Waals surface area contributed by atoms with E-state index in [1.165, 1.54) is 36.4 Å². The van der Waals surface area contributed by atoms with Gasteiger partial charge in [0.2, 0.25) is 11.8 Å². The highest BCUT2D eigenvalue weighted by atomic mass is 19.1. The number of rotatable bonds is 6. The normalized spacial score (nSPS) is 11.0. The molecule has 0 aliphatic heterocycles. The van der Waals surface area contributed by atoms with Crippen LogP contribution >= 0.6 is 0 Å². The largest absolute Gasteiger partial charge is 0.321 e. The highest BCUT2D eigenvalue weighted by molar-refractivity contribution is 6.07. The van der Waals surface area contributed by atoms with E-state index in [9.17, 15) is 18.4 Å². The van der Waals surface area contributed by atoms with Crippen LogP contribution in [0.25, 0.3) is 12.2 Å². The van der Waals surface area contributed by atoms with E-state index < -0.39 is 11.8 Å². The summed E-state index contributed by atoms with van der Waals surface area (Å²) in [5, 5.41) is 5.39. The van der Waals surface area contributed by atoms with Gasteiger partial charge in [-0.1, -0.05) is 36.4 Å². The van der Waals surface area contributed by atoms with Gasteiger partial charge in [0.05, 0.1) is 11.4 Å². The minimum absolute atomic E-state index is 0.352. The molecule has 0 spiro atoms. The van der Waals surface area contributed by atoms with Crippen molar-refractivity contribution in [3.63, 3.8) is 0 Å². The van der Waals surface area contributed by atoms with Crippen LogP contribution in [-0.2, 0) is 9.59 Å². The summed E-state index contributed by atoms with van der Waals surface area (Å²) in [5.74, 6) is -1.50. The van der Waals surface area contributed by atoms with E-state index in [4.69, 9.17) is 0 Å². The summed E-state index contributed by atoms with van der Waals surface area (Å²) in [6.45, 7) is 0. The number of anilines is 2. The summed E-state index contributed by atoms with van der Waals surface area (Å²) >= 11 is 0. The van der Waals surface area contributed by atoms with Gasteiger partial charge < -0.3 is 10.6 Å². The van der Waals surface area contributed by atoms with Gasteiger partial charge in [0.25, 0.3) is 0 Å². The van der Waals surface area contributed by atoms with Crippen LogP contribution in [0.5, 0.6) is 0 Å². The van der Waals surface area contributed by atoms with Crippen LogP contribution in [0.3, 0.4) is 0 Å². The second kappa shape index (κ2) is 9.93. The summed E-state index contributed by atoms with van der Waals surface area (Å²) in [6, 6.07) is 18.2. The van der Waals surface area contributed by atoms with Crippen LogP contribution in [0.1, 0.15) is 11.1 Å². The summed E-state index contributed by atoms with van der Waals surface area (Å²) in [4.78, 5) is 24.4. The summed E-state index contributed by atoms with van der Waals surface area (Å²) in [5.41, 5.74) is 2.21. The number of amides is 2. The predicted octanol–water partition coefficient (Wildman–Crippen LogP) is 5.27. The monoisotopic (exact) mass is 404 g/mol. The Bertz CT molecular complexity index is 1000. The van der Waals surface area contributed by atoms with Crippen molar-refractivity contribution in [1.29, 1.82) is 0 Å². The number of benzene rings is 3. The van der Waals surface area contributed by atoms with E-state index in [-0.39, 0.29) is 11.6 Å². The van der Waals surface area contributed by atoms with Gasteiger partial charge in [-0.2, -0.15) is 0 Å². The van der Waals surface area contributed by atoms with Gasteiger partial charge in [0, 0.05) is 12.2 Å². The number of halogens is 2. The number of nitrogens with one attached hydrogen (secondary N) is 2. The van der Waals surface area contributed by atoms with Crippen molar-refractivity contribution < 1.29 is 18.4 Å². The first kappa shape index (κ1) is 20.7. The number of hydrogen-bond acceptors (Lipinski definition) is 2. The third-order valence-electron chi connectivity index (χ3n) is 4.04. The van der Waals surface area contributed by atoms with E-state index in [0.717, 1.165) is 0 Å². The van der Waals surface area contributed by atoms with Gasteiger partial charge in [-0.05, 0) is 59.7 Å². The molecule has 0 heterocycles. The lowest BCUT2D eigenvalue weighted by molar-refractivity contribution is -0.112. The Morgan fingerprint density at radius 1 is 0.600 bits per heavy atom. The molecule has 4 nitrogen and oxygen atoms in total. The van der Waals surface area contributed by atoms with Gasteiger partial charge in [-0.15, -0.1) is 0 Å². The quantitative estimate of drug-likeness (QED) is 0.550. The molecule has 0 aliphatic carbocycles. The molecule has 0 unspecified atom stereocenters. The Labute approximate surface area is 172 Å². The molecule has 0 aliphatic rings. The molecule has 0 saturated carbocycles. The van der Waals surface area contributed by atoms with E-state index in [1.807, 2.05) is 0 Å². The Hall–Kier alpha value is -4.06. The lowest BCUT2D eigenvalue weighted by atomic mass is 10.2. The summed E-state index contributed by atoms with van der Waals surface area (Å²) < 4.78 is 25.9. The molecule has 6 heteroatoms. The molecule has 2 amide bonds. The molecule has 150 valence electrons. The second-order valence-corrected chi connectivity index (χ2v) is 6.29. The van der Waals surface area contributed by atoms with Gasteiger partial charge in [-0.3, -0.25) is 9.59 Å². The summed E-state index contributed by atoms with van der Waals surface area (Å²) in [7, 11) is 0. The van der Waals surface area contributed by atoms with Crippen molar-refractivity contribution in [2.24, 2.45) is 0 Å². The minimum atomic E-state index is -0.400. The fourth-order valence-corrected chi connectivity index (χ4v) is 2.54. The zero-order valence-corrected chi connectivity index (χ0v) is 15.8. The fourth-order valence-electron chi connectivity index (χ4n) is 2.54.